The van der Waals surface area contributed by atoms with Crippen molar-refractivity contribution in [2.75, 3.05) is 13.1 Å². The summed E-state index contributed by atoms with van der Waals surface area (Å²) in [7, 11) is 0. The van der Waals surface area contributed by atoms with Gasteiger partial charge >= 0.3 is 5.97 Å². The maximum Gasteiger partial charge on any atom is 0.328 e. The number of benzene rings is 1. The summed E-state index contributed by atoms with van der Waals surface area (Å²) in [6.45, 7) is 3.74. The van der Waals surface area contributed by atoms with Crippen LogP contribution >= 0.6 is 0 Å². The quantitative estimate of drug-likeness (QED) is 0.889. The summed E-state index contributed by atoms with van der Waals surface area (Å²) in [5, 5.41) is 9.79. The second-order valence-electron chi connectivity index (χ2n) is 4.93. The van der Waals surface area contributed by atoms with Crippen molar-refractivity contribution >= 4 is 5.97 Å². The summed E-state index contributed by atoms with van der Waals surface area (Å²) in [6.07, 6.45) is 4.01. The number of carboxylic acids is 1. The first-order valence-corrected chi connectivity index (χ1v) is 6.76. The second-order valence-corrected chi connectivity index (χ2v) is 4.93. The Morgan fingerprint density at radius 1 is 1.22 bits per heavy atom. The number of piperidine rings is 1. The van der Waals surface area contributed by atoms with E-state index in [4.69, 9.17) is 0 Å². The zero-order chi connectivity index (χ0) is 13.0. The Morgan fingerprint density at radius 3 is 2.33 bits per heavy atom. The summed E-state index contributed by atoms with van der Waals surface area (Å²) < 4.78 is 0. The fraction of sp³-hybridized carbons (Fsp3) is 0.533. The van der Waals surface area contributed by atoms with E-state index in [9.17, 15) is 9.90 Å². The Hall–Kier alpha value is -1.35. The summed E-state index contributed by atoms with van der Waals surface area (Å²) >= 11 is 0. The highest BCUT2D eigenvalue weighted by Gasteiger charge is 2.44. The predicted octanol–water partition coefficient (Wildman–Crippen LogP) is 2.86. The molecule has 0 radical (unpaired) electrons. The van der Waals surface area contributed by atoms with Gasteiger partial charge in [0.15, 0.2) is 0 Å². The zero-order valence-corrected chi connectivity index (χ0v) is 10.9. The molecule has 1 heterocycles. The first-order chi connectivity index (χ1) is 8.71. The molecule has 0 aromatic heterocycles. The van der Waals surface area contributed by atoms with E-state index in [0.717, 1.165) is 31.5 Å². The third-order valence-corrected chi connectivity index (χ3v) is 4.01. The van der Waals surface area contributed by atoms with Gasteiger partial charge in [0.25, 0.3) is 0 Å². The Labute approximate surface area is 108 Å². The lowest BCUT2D eigenvalue weighted by Gasteiger charge is -2.42. The van der Waals surface area contributed by atoms with E-state index in [1.54, 1.807) is 0 Å². The molecule has 0 bridgehead atoms. The monoisotopic (exact) mass is 247 g/mol. The minimum atomic E-state index is -0.846. The third kappa shape index (κ3) is 2.15. The molecule has 1 N–H and O–H groups in total. The van der Waals surface area contributed by atoms with Gasteiger partial charge < -0.3 is 5.11 Å². The number of carboxylic acid groups (broad SMARTS) is 1. The van der Waals surface area contributed by atoms with Crippen LogP contribution in [0.15, 0.2) is 30.3 Å². The van der Waals surface area contributed by atoms with Crippen LogP contribution in [0.3, 0.4) is 0 Å². The van der Waals surface area contributed by atoms with Crippen LogP contribution in [0.1, 0.15) is 38.2 Å². The summed E-state index contributed by atoms with van der Waals surface area (Å²) in [4.78, 5) is 14.1. The lowest BCUT2D eigenvalue weighted by molar-refractivity contribution is -0.154. The number of hydrogen-bond acceptors (Lipinski definition) is 2. The van der Waals surface area contributed by atoms with Gasteiger partial charge in [-0.1, -0.05) is 43.7 Å². The second kappa shape index (κ2) is 5.53. The van der Waals surface area contributed by atoms with Crippen molar-refractivity contribution in [1.29, 1.82) is 0 Å². The normalized spacial score (nSPS) is 20.3. The molecule has 1 atom stereocenters. The van der Waals surface area contributed by atoms with E-state index < -0.39 is 11.5 Å². The minimum absolute atomic E-state index is 0.604. The molecular formula is C15H21NO2. The van der Waals surface area contributed by atoms with Crippen LogP contribution in [-0.4, -0.2) is 29.1 Å². The van der Waals surface area contributed by atoms with Crippen LogP contribution < -0.4 is 0 Å². The Morgan fingerprint density at radius 2 is 1.83 bits per heavy atom. The first kappa shape index (κ1) is 13.1. The molecule has 1 unspecified atom stereocenters. The van der Waals surface area contributed by atoms with Crippen LogP contribution in [-0.2, 0) is 10.3 Å². The van der Waals surface area contributed by atoms with Crippen molar-refractivity contribution in [3.05, 3.63) is 35.9 Å². The number of hydrogen-bond donors (Lipinski definition) is 1. The molecule has 1 aliphatic rings. The van der Waals surface area contributed by atoms with E-state index in [1.807, 2.05) is 37.3 Å². The highest BCUT2D eigenvalue weighted by molar-refractivity contribution is 5.80. The molecule has 1 fully saturated rings. The molecule has 1 aliphatic heterocycles. The summed E-state index contributed by atoms with van der Waals surface area (Å²) in [5.41, 5.74) is 0.0590. The summed E-state index contributed by atoms with van der Waals surface area (Å²) in [6, 6.07) is 9.65. The number of carbonyl (C=O) groups is 1. The van der Waals surface area contributed by atoms with Crippen molar-refractivity contribution in [2.24, 2.45) is 0 Å². The van der Waals surface area contributed by atoms with Crippen LogP contribution in [0.25, 0.3) is 0 Å². The fourth-order valence-corrected chi connectivity index (χ4v) is 3.01. The molecule has 2 rings (SSSR count). The minimum Gasteiger partial charge on any atom is -0.480 e. The molecule has 0 amide bonds. The lowest BCUT2D eigenvalue weighted by Crippen LogP contribution is -2.53. The van der Waals surface area contributed by atoms with Gasteiger partial charge in [-0.2, -0.15) is 0 Å². The van der Waals surface area contributed by atoms with E-state index in [-0.39, 0.29) is 0 Å². The van der Waals surface area contributed by atoms with Gasteiger partial charge in [0, 0.05) is 0 Å². The van der Waals surface area contributed by atoms with Crippen molar-refractivity contribution in [2.45, 2.75) is 38.1 Å². The molecule has 0 saturated carbocycles. The van der Waals surface area contributed by atoms with Gasteiger partial charge in [-0.3, -0.25) is 4.90 Å². The third-order valence-electron chi connectivity index (χ3n) is 4.01. The van der Waals surface area contributed by atoms with Crippen molar-refractivity contribution in [3.63, 3.8) is 0 Å². The van der Waals surface area contributed by atoms with E-state index >= 15 is 0 Å². The fourth-order valence-electron chi connectivity index (χ4n) is 3.01. The van der Waals surface area contributed by atoms with Crippen LogP contribution in [0.5, 0.6) is 0 Å². The van der Waals surface area contributed by atoms with Gasteiger partial charge in [0.05, 0.1) is 0 Å². The van der Waals surface area contributed by atoms with E-state index in [2.05, 4.69) is 4.90 Å². The SMILES string of the molecule is CCC(C(=O)O)(c1ccccc1)N1CCCCC1. The van der Waals surface area contributed by atoms with Gasteiger partial charge in [0.2, 0.25) is 0 Å². The van der Waals surface area contributed by atoms with Gasteiger partial charge in [0.1, 0.15) is 5.54 Å². The highest BCUT2D eigenvalue weighted by atomic mass is 16.4. The molecule has 98 valence electrons. The molecule has 18 heavy (non-hydrogen) atoms. The van der Waals surface area contributed by atoms with Gasteiger partial charge in [-0.05, 0) is 37.9 Å². The van der Waals surface area contributed by atoms with Crippen LogP contribution in [0, 0.1) is 0 Å². The number of aliphatic carboxylic acids is 1. The van der Waals surface area contributed by atoms with Crippen molar-refractivity contribution in [1.82, 2.24) is 4.90 Å². The predicted molar refractivity (Wildman–Crippen MR) is 71.5 cm³/mol. The molecule has 0 spiro atoms. The lowest BCUT2D eigenvalue weighted by atomic mass is 9.84. The average molecular weight is 247 g/mol. The molecule has 3 heteroatoms. The number of likely N-dealkylation sites (tertiary alicyclic amines) is 1. The molecular weight excluding hydrogens is 226 g/mol. The van der Waals surface area contributed by atoms with E-state index in [0.29, 0.717) is 6.42 Å². The molecule has 0 aliphatic carbocycles. The van der Waals surface area contributed by atoms with Crippen molar-refractivity contribution in [3.8, 4) is 0 Å². The van der Waals surface area contributed by atoms with Gasteiger partial charge in [-0.15, -0.1) is 0 Å². The first-order valence-electron chi connectivity index (χ1n) is 6.76. The molecule has 3 nitrogen and oxygen atoms in total. The largest absolute Gasteiger partial charge is 0.480 e. The van der Waals surface area contributed by atoms with Crippen LogP contribution in [0.4, 0.5) is 0 Å². The zero-order valence-electron chi connectivity index (χ0n) is 10.9. The maximum atomic E-state index is 11.9. The number of nitrogens with zero attached hydrogens (tertiary/aromatic N) is 1. The molecule has 1 saturated heterocycles. The molecule has 1 aromatic rings. The van der Waals surface area contributed by atoms with Crippen molar-refractivity contribution < 1.29 is 9.90 Å². The van der Waals surface area contributed by atoms with Gasteiger partial charge in [-0.25, -0.2) is 4.79 Å². The standard InChI is InChI=1S/C15H21NO2/c1-2-15(14(17)18,13-9-5-3-6-10-13)16-11-7-4-8-12-16/h3,5-6,9-10H,2,4,7-8,11-12H2,1H3,(H,17,18). The maximum absolute atomic E-state index is 11.9. The Balaban J connectivity index is 2.42. The Kier molecular flexibility index (Phi) is 4.02. The molecule has 1 aromatic carbocycles. The Bertz CT molecular complexity index is 398. The smallest absolute Gasteiger partial charge is 0.328 e. The van der Waals surface area contributed by atoms with E-state index in [1.165, 1.54) is 6.42 Å². The number of rotatable bonds is 4. The van der Waals surface area contributed by atoms with Crippen LogP contribution in [0.2, 0.25) is 0 Å². The average Bonchev–Trinajstić information content (AvgIpc) is 2.42. The summed E-state index contributed by atoms with van der Waals surface area (Å²) in [5.74, 6) is -0.724. The topological polar surface area (TPSA) is 40.5 Å². The highest BCUT2D eigenvalue weighted by Crippen LogP contribution is 2.34.